The monoisotopic (exact) mass is 336 g/mol. The number of aromatic nitrogens is 4. The topological polar surface area (TPSA) is 43.6 Å². The summed E-state index contributed by atoms with van der Waals surface area (Å²) in [5.41, 5.74) is 2.23. The fraction of sp³-hybridized carbons (Fsp3) is 0.182. The van der Waals surface area contributed by atoms with E-state index in [0.717, 1.165) is 16.1 Å². The lowest BCUT2D eigenvalue weighted by Gasteiger charge is -2.06. The summed E-state index contributed by atoms with van der Waals surface area (Å²) in [6, 6.07) is 5.84. The van der Waals surface area contributed by atoms with Crippen LogP contribution in [0.3, 0.4) is 0 Å². The molecule has 1 aromatic heterocycles. The summed E-state index contributed by atoms with van der Waals surface area (Å²) >= 11 is 9.26. The molecule has 4 nitrogen and oxygen atoms in total. The van der Waals surface area contributed by atoms with Crippen LogP contribution in [0.1, 0.15) is 17.0 Å². The molecule has 0 atom stereocenters. The Morgan fingerprint density at radius 1 is 1.50 bits per heavy atom. The van der Waals surface area contributed by atoms with Gasteiger partial charge < -0.3 is 0 Å². The van der Waals surface area contributed by atoms with Gasteiger partial charge in [-0.05, 0) is 35.4 Å². The first-order chi connectivity index (χ1) is 8.69. The van der Waals surface area contributed by atoms with Crippen molar-refractivity contribution in [3.8, 4) is 0 Å². The molecule has 0 spiro atoms. The second kappa shape index (κ2) is 6.65. The van der Waals surface area contributed by atoms with Crippen molar-refractivity contribution in [2.75, 3.05) is 0 Å². The molecule has 0 bridgehead atoms. The highest BCUT2D eigenvalue weighted by atomic mass is 79.9. The average molecular weight is 338 g/mol. The van der Waals surface area contributed by atoms with Crippen LogP contribution in [0, 0.1) is 6.92 Å². The van der Waals surface area contributed by atoms with E-state index >= 15 is 0 Å². The zero-order chi connectivity index (χ0) is 13.0. The third-order valence-corrected chi connectivity index (χ3v) is 4.13. The number of aryl methyl sites for hydroxylation is 1. The third-order valence-electron chi connectivity index (χ3n) is 2.36. The predicted octanol–water partition coefficient (Wildman–Crippen LogP) is 2.67. The minimum atomic E-state index is -0.273. The van der Waals surface area contributed by atoms with Crippen molar-refractivity contribution in [1.82, 2.24) is 20.2 Å². The zero-order valence-electron chi connectivity index (χ0n) is 9.85. The molecule has 0 N–H and O–H groups in total. The number of hydrogen-bond donors (Lipinski definition) is 0. The van der Waals surface area contributed by atoms with Crippen LogP contribution in [-0.4, -0.2) is 38.4 Å². The highest BCUT2D eigenvalue weighted by Crippen LogP contribution is 2.18. The number of benzene rings is 1. The molecule has 2 aromatic rings. The van der Waals surface area contributed by atoms with Gasteiger partial charge in [0.1, 0.15) is 0 Å². The second-order valence-electron chi connectivity index (χ2n) is 3.77. The lowest BCUT2D eigenvalue weighted by molar-refractivity contribution is 0.571. The molecule has 0 saturated heterocycles. The van der Waals surface area contributed by atoms with Gasteiger partial charge in [-0.25, -0.2) is 0 Å². The molecule has 0 aliphatic heterocycles. The first-order valence-corrected chi connectivity index (χ1v) is 10.5. The standard InChI is InChI=1S/C11H10ClN4.BrH.Mg/c1-3-9-4-5-11(12)6-10(9)7-16-14-8(2)13-15-16;;/h1,3-6H,7H2,2H3;1H;/q;;+1/p-1. The summed E-state index contributed by atoms with van der Waals surface area (Å²) in [5, 5.41) is 12.7. The zero-order valence-corrected chi connectivity index (χ0v) is 13.6. The quantitative estimate of drug-likeness (QED) is 0.806. The van der Waals surface area contributed by atoms with Crippen LogP contribution in [-0.2, 0) is 6.54 Å². The molecule has 1 aromatic carbocycles. The Kier molecular flexibility index (Phi) is 5.17. The van der Waals surface area contributed by atoms with Crippen LogP contribution in [0.2, 0.25) is 5.02 Å². The van der Waals surface area contributed by atoms with Gasteiger partial charge in [0.2, 0.25) is 0 Å². The SMILES string of the molecule is Cc1nnn(Cc2cc(Cl)ccc2/C=[CH]/[Mg][Br])n1. The summed E-state index contributed by atoms with van der Waals surface area (Å²) in [5.74, 6) is 0.669. The number of nitrogens with zero attached hydrogens (tertiary/aromatic N) is 4. The van der Waals surface area contributed by atoms with Crippen molar-refractivity contribution in [1.29, 1.82) is 0 Å². The molecule has 0 amide bonds. The maximum atomic E-state index is 6.03. The Balaban J connectivity index is 2.29. The first-order valence-electron chi connectivity index (χ1n) is 5.44. The van der Waals surface area contributed by atoms with Gasteiger partial charge in [0.05, 0.1) is 6.54 Å². The number of rotatable bonds is 4. The number of halogens is 2. The maximum absolute atomic E-state index is 6.03. The molecular formula is C11H10BrClMgN4. The van der Waals surface area contributed by atoms with Gasteiger partial charge in [-0.3, -0.25) is 12.9 Å². The molecule has 1 heterocycles. The minimum Gasteiger partial charge on any atom is -0.297 e. The van der Waals surface area contributed by atoms with Gasteiger partial charge in [0.15, 0.2) is 5.82 Å². The molecule has 0 saturated carbocycles. The Labute approximate surface area is 126 Å². The summed E-state index contributed by atoms with van der Waals surface area (Å²) in [7, 11) is 0. The van der Waals surface area contributed by atoms with E-state index in [0.29, 0.717) is 12.4 Å². The first kappa shape index (κ1) is 14.0. The largest absolute Gasteiger partial charge is 0.498 e. The molecule has 0 aliphatic carbocycles. The van der Waals surface area contributed by atoms with E-state index in [1.165, 1.54) is 0 Å². The van der Waals surface area contributed by atoms with Crippen LogP contribution < -0.4 is 0 Å². The molecule has 0 unspecified atom stereocenters. The maximum Gasteiger partial charge on any atom is 0.498 e. The summed E-state index contributed by atoms with van der Waals surface area (Å²) in [4.78, 5) is 1.57. The smallest absolute Gasteiger partial charge is 0.297 e. The van der Waals surface area contributed by atoms with E-state index < -0.39 is 0 Å². The Hall–Kier alpha value is -0.434. The molecule has 2 rings (SSSR count). The highest BCUT2D eigenvalue weighted by Gasteiger charge is 2.04. The van der Waals surface area contributed by atoms with Gasteiger partial charge in [-0.2, -0.15) is 9.00 Å². The van der Waals surface area contributed by atoms with E-state index in [1.807, 2.05) is 25.1 Å². The lowest BCUT2D eigenvalue weighted by Crippen LogP contribution is -2.05. The fourth-order valence-corrected chi connectivity index (χ4v) is 2.69. The fourth-order valence-electron chi connectivity index (χ4n) is 1.59. The van der Waals surface area contributed by atoms with Gasteiger partial charge >= 0.3 is 18.2 Å². The van der Waals surface area contributed by atoms with E-state index in [-0.39, 0.29) is 18.2 Å². The Bertz CT molecular complexity index is 570. The molecule has 18 heavy (non-hydrogen) atoms. The van der Waals surface area contributed by atoms with Gasteiger partial charge in [-0.15, -0.1) is 10.2 Å². The van der Waals surface area contributed by atoms with Crippen LogP contribution in [0.5, 0.6) is 0 Å². The van der Waals surface area contributed by atoms with Crippen LogP contribution in [0.15, 0.2) is 22.4 Å². The van der Waals surface area contributed by atoms with Crippen LogP contribution in [0.4, 0.5) is 0 Å². The second-order valence-corrected chi connectivity index (χ2v) is 6.93. The average Bonchev–Trinajstić information content (AvgIpc) is 2.74. The molecule has 0 fully saturated rings. The van der Waals surface area contributed by atoms with E-state index in [4.69, 9.17) is 11.6 Å². The minimum absolute atomic E-state index is 0.273. The van der Waals surface area contributed by atoms with Crippen molar-refractivity contribution in [3.63, 3.8) is 0 Å². The van der Waals surface area contributed by atoms with Crippen LogP contribution >= 0.6 is 24.5 Å². The van der Waals surface area contributed by atoms with Crippen molar-refractivity contribution in [2.24, 2.45) is 0 Å². The summed E-state index contributed by atoms with van der Waals surface area (Å²) in [6.07, 6.45) is 2.11. The Morgan fingerprint density at radius 2 is 2.33 bits per heavy atom. The molecule has 7 heteroatoms. The van der Waals surface area contributed by atoms with Crippen molar-refractivity contribution < 1.29 is 0 Å². The molecule has 0 radical (unpaired) electrons. The molecular weight excluding hydrogens is 328 g/mol. The van der Waals surface area contributed by atoms with E-state index in [2.05, 4.69) is 38.6 Å². The molecule has 90 valence electrons. The van der Waals surface area contributed by atoms with Crippen molar-refractivity contribution in [2.45, 2.75) is 13.5 Å². The van der Waals surface area contributed by atoms with Gasteiger partial charge in [-0.1, -0.05) is 23.7 Å². The number of tetrazole rings is 1. The third kappa shape index (κ3) is 3.78. The Morgan fingerprint density at radius 3 is 3.00 bits per heavy atom. The van der Waals surface area contributed by atoms with Gasteiger partial charge in [0, 0.05) is 5.02 Å². The number of hydrogen-bond acceptors (Lipinski definition) is 3. The highest BCUT2D eigenvalue weighted by molar-refractivity contribution is 9.23. The summed E-state index contributed by atoms with van der Waals surface area (Å²) in [6.45, 7) is 2.39. The summed E-state index contributed by atoms with van der Waals surface area (Å²) < 4.78 is 2.17. The predicted molar refractivity (Wildman–Crippen MR) is 76.8 cm³/mol. The van der Waals surface area contributed by atoms with E-state index in [1.54, 1.807) is 4.80 Å². The van der Waals surface area contributed by atoms with Crippen LogP contribution in [0.25, 0.3) is 6.08 Å². The van der Waals surface area contributed by atoms with Crippen molar-refractivity contribution in [3.05, 3.63) is 44.4 Å². The normalized spacial score (nSPS) is 10.8. The van der Waals surface area contributed by atoms with Gasteiger partial charge in [0.25, 0.3) is 0 Å². The molecule has 0 aliphatic rings. The van der Waals surface area contributed by atoms with E-state index in [9.17, 15) is 0 Å². The van der Waals surface area contributed by atoms with Crippen molar-refractivity contribution >= 4 is 48.8 Å². The lowest BCUT2D eigenvalue weighted by atomic mass is 10.1.